The van der Waals surface area contributed by atoms with Crippen LogP contribution in [0.5, 0.6) is 5.75 Å². The molecule has 0 aliphatic rings. The zero-order valence-corrected chi connectivity index (χ0v) is 9.10. The lowest BCUT2D eigenvalue weighted by Gasteiger charge is -2.09. The minimum atomic E-state index is -0.0558. The van der Waals surface area contributed by atoms with Crippen LogP contribution in [0.15, 0.2) is 24.3 Å². The van der Waals surface area contributed by atoms with Crippen molar-refractivity contribution in [3.05, 3.63) is 29.8 Å². The molecule has 0 saturated heterocycles. The van der Waals surface area contributed by atoms with Crippen molar-refractivity contribution in [2.75, 3.05) is 13.7 Å². The number of methoxy groups -OCH3 is 1. The summed E-state index contributed by atoms with van der Waals surface area (Å²) in [5.74, 6) is 0.760. The molecule has 0 aliphatic heterocycles. The standard InChI is InChI=1S/C12H16O3/c1-10(7-13)8-15-9-11-5-3-4-6-12(11)14-2/h3-7,10H,8-9H2,1-2H3/t10-/m1/s1. The summed E-state index contributed by atoms with van der Waals surface area (Å²) in [4.78, 5) is 10.4. The first-order valence-electron chi connectivity index (χ1n) is 4.93. The Balaban J connectivity index is 2.46. The van der Waals surface area contributed by atoms with E-state index in [1.54, 1.807) is 7.11 Å². The van der Waals surface area contributed by atoms with E-state index in [1.807, 2.05) is 31.2 Å². The highest BCUT2D eigenvalue weighted by Gasteiger charge is 2.03. The van der Waals surface area contributed by atoms with Crippen LogP contribution < -0.4 is 4.74 Å². The highest BCUT2D eigenvalue weighted by molar-refractivity contribution is 5.52. The van der Waals surface area contributed by atoms with E-state index in [0.717, 1.165) is 17.6 Å². The highest BCUT2D eigenvalue weighted by Crippen LogP contribution is 2.18. The zero-order valence-electron chi connectivity index (χ0n) is 9.10. The molecule has 3 nitrogen and oxygen atoms in total. The van der Waals surface area contributed by atoms with Crippen LogP contribution in [0, 0.1) is 5.92 Å². The van der Waals surface area contributed by atoms with Crippen LogP contribution >= 0.6 is 0 Å². The quantitative estimate of drug-likeness (QED) is 0.671. The lowest BCUT2D eigenvalue weighted by Crippen LogP contribution is -2.07. The summed E-state index contributed by atoms with van der Waals surface area (Å²) in [6.45, 7) is 2.75. The first-order chi connectivity index (χ1) is 7.27. The molecule has 1 aromatic carbocycles. The molecular formula is C12H16O3. The van der Waals surface area contributed by atoms with E-state index >= 15 is 0 Å². The predicted molar refractivity (Wildman–Crippen MR) is 57.9 cm³/mol. The smallest absolute Gasteiger partial charge is 0.125 e. The van der Waals surface area contributed by atoms with Gasteiger partial charge in [0.25, 0.3) is 0 Å². The number of rotatable bonds is 6. The maximum Gasteiger partial charge on any atom is 0.125 e. The van der Waals surface area contributed by atoms with E-state index in [4.69, 9.17) is 9.47 Å². The van der Waals surface area contributed by atoms with E-state index < -0.39 is 0 Å². The molecule has 0 heterocycles. The first-order valence-corrected chi connectivity index (χ1v) is 4.93. The van der Waals surface area contributed by atoms with E-state index in [0.29, 0.717) is 13.2 Å². The Hall–Kier alpha value is -1.35. The maximum absolute atomic E-state index is 10.4. The third kappa shape index (κ3) is 3.72. The monoisotopic (exact) mass is 208 g/mol. The Morgan fingerprint density at radius 1 is 1.40 bits per heavy atom. The average Bonchev–Trinajstić information content (AvgIpc) is 2.29. The van der Waals surface area contributed by atoms with Crippen molar-refractivity contribution < 1.29 is 14.3 Å². The molecule has 15 heavy (non-hydrogen) atoms. The minimum absolute atomic E-state index is 0.0558. The number of benzene rings is 1. The topological polar surface area (TPSA) is 35.5 Å². The fraction of sp³-hybridized carbons (Fsp3) is 0.417. The Labute approximate surface area is 90.0 Å². The zero-order chi connectivity index (χ0) is 11.1. The number of hydrogen-bond donors (Lipinski definition) is 0. The summed E-state index contributed by atoms with van der Waals surface area (Å²) in [6.07, 6.45) is 0.891. The molecule has 0 unspecified atom stereocenters. The van der Waals surface area contributed by atoms with Gasteiger partial charge in [0, 0.05) is 11.5 Å². The molecule has 0 N–H and O–H groups in total. The summed E-state index contributed by atoms with van der Waals surface area (Å²) in [5, 5.41) is 0. The van der Waals surface area contributed by atoms with Gasteiger partial charge < -0.3 is 14.3 Å². The van der Waals surface area contributed by atoms with Gasteiger partial charge in [-0.05, 0) is 6.07 Å². The van der Waals surface area contributed by atoms with Gasteiger partial charge in [0.2, 0.25) is 0 Å². The van der Waals surface area contributed by atoms with Crippen molar-refractivity contribution in [1.82, 2.24) is 0 Å². The molecule has 0 bridgehead atoms. The van der Waals surface area contributed by atoms with Gasteiger partial charge >= 0.3 is 0 Å². The normalized spacial score (nSPS) is 12.1. The molecule has 1 atom stereocenters. The fourth-order valence-corrected chi connectivity index (χ4v) is 1.22. The third-order valence-corrected chi connectivity index (χ3v) is 2.06. The van der Waals surface area contributed by atoms with Gasteiger partial charge in [-0.3, -0.25) is 0 Å². The Morgan fingerprint density at radius 3 is 2.80 bits per heavy atom. The van der Waals surface area contributed by atoms with Crippen molar-refractivity contribution in [2.45, 2.75) is 13.5 Å². The van der Waals surface area contributed by atoms with E-state index in [2.05, 4.69) is 0 Å². The lowest BCUT2D eigenvalue weighted by molar-refractivity contribution is -0.112. The lowest BCUT2D eigenvalue weighted by atomic mass is 10.2. The van der Waals surface area contributed by atoms with Crippen LogP contribution in [0.25, 0.3) is 0 Å². The molecule has 0 amide bonds. The molecule has 0 spiro atoms. The van der Waals surface area contributed by atoms with E-state index in [1.165, 1.54) is 0 Å². The number of carbonyl (C=O) groups excluding carboxylic acids is 1. The highest BCUT2D eigenvalue weighted by atomic mass is 16.5. The Bertz CT molecular complexity index is 309. The van der Waals surface area contributed by atoms with Crippen LogP contribution in [0.4, 0.5) is 0 Å². The van der Waals surface area contributed by atoms with Crippen LogP contribution in [0.3, 0.4) is 0 Å². The minimum Gasteiger partial charge on any atom is -0.496 e. The molecule has 0 saturated carbocycles. The van der Waals surface area contributed by atoms with Gasteiger partial charge in [-0.15, -0.1) is 0 Å². The summed E-state index contributed by atoms with van der Waals surface area (Å²) < 4.78 is 10.6. The van der Waals surface area contributed by atoms with Gasteiger partial charge in [-0.1, -0.05) is 25.1 Å². The van der Waals surface area contributed by atoms with Gasteiger partial charge in [0.15, 0.2) is 0 Å². The molecule has 0 fully saturated rings. The van der Waals surface area contributed by atoms with Gasteiger partial charge in [0.1, 0.15) is 12.0 Å². The van der Waals surface area contributed by atoms with Gasteiger partial charge in [0.05, 0.1) is 20.3 Å². The van der Waals surface area contributed by atoms with Crippen molar-refractivity contribution in [3.63, 3.8) is 0 Å². The molecule has 0 aliphatic carbocycles. The van der Waals surface area contributed by atoms with Crippen LogP contribution in [0.1, 0.15) is 12.5 Å². The van der Waals surface area contributed by atoms with E-state index in [9.17, 15) is 4.79 Å². The summed E-state index contributed by atoms with van der Waals surface area (Å²) in [7, 11) is 1.63. The van der Waals surface area contributed by atoms with Crippen LogP contribution in [-0.4, -0.2) is 20.0 Å². The summed E-state index contributed by atoms with van der Waals surface area (Å²) >= 11 is 0. The Morgan fingerprint density at radius 2 is 2.13 bits per heavy atom. The number of hydrogen-bond acceptors (Lipinski definition) is 3. The number of para-hydroxylation sites is 1. The first kappa shape index (κ1) is 11.7. The second-order valence-electron chi connectivity index (χ2n) is 3.44. The molecule has 82 valence electrons. The summed E-state index contributed by atoms with van der Waals surface area (Å²) in [6, 6.07) is 7.69. The van der Waals surface area contributed by atoms with Crippen molar-refractivity contribution in [3.8, 4) is 5.75 Å². The molecule has 1 aromatic rings. The molecule has 0 radical (unpaired) electrons. The van der Waals surface area contributed by atoms with Crippen molar-refractivity contribution in [1.29, 1.82) is 0 Å². The second-order valence-corrected chi connectivity index (χ2v) is 3.44. The second kappa shape index (κ2) is 6.19. The average molecular weight is 208 g/mol. The van der Waals surface area contributed by atoms with Crippen molar-refractivity contribution >= 4 is 6.29 Å². The predicted octanol–water partition coefficient (Wildman–Crippen LogP) is 2.05. The number of ether oxygens (including phenoxy) is 2. The number of aldehydes is 1. The van der Waals surface area contributed by atoms with Gasteiger partial charge in [-0.25, -0.2) is 0 Å². The molecule has 0 aromatic heterocycles. The maximum atomic E-state index is 10.4. The SMILES string of the molecule is COc1ccccc1COC[C@H](C)C=O. The third-order valence-electron chi connectivity index (χ3n) is 2.06. The summed E-state index contributed by atoms with van der Waals surface area (Å²) in [5.41, 5.74) is 0.998. The molecule has 3 heteroatoms. The van der Waals surface area contributed by atoms with Gasteiger partial charge in [-0.2, -0.15) is 0 Å². The van der Waals surface area contributed by atoms with Crippen molar-refractivity contribution in [2.24, 2.45) is 5.92 Å². The van der Waals surface area contributed by atoms with Crippen LogP contribution in [-0.2, 0) is 16.1 Å². The fourth-order valence-electron chi connectivity index (χ4n) is 1.22. The van der Waals surface area contributed by atoms with E-state index in [-0.39, 0.29) is 5.92 Å². The molecular weight excluding hydrogens is 192 g/mol. The molecule has 1 rings (SSSR count). The largest absolute Gasteiger partial charge is 0.496 e. The van der Waals surface area contributed by atoms with Crippen LogP contribution in [0.2, 0.25) is 0 Å². The number of carbonyl (C=O) groups is 1. The Kier molecular flexibility index (Phi) is 4.84.